The first-order valence-electron chi connectivity index (χ1n) is 6.82. The number of piperazine rings is 1. The third kappa shape index (κ3) is 5.71. The van der Waals surface area contributed by atoms with Crippen LogP contribution >= 0.6 is 23.4 Å². The molecule has 0 unspecified atom stereocenters. The minimum absolute atomic E-state index is 0.114. The molecule has 20 heavy (non-hydrogen) atoms. The van der Waals surface area contributed by atoms with Gasteiger partial charge in [0.15, 0.2) is 0 Å². The smallest absolute Gasteiger partial charge is 0.234 e. The number of nitrogens with zero attached hydrogens (tertiary/aromatic N) is 1. The van der Waals surface area contributed by atoms with Gasteiger partial charge in [0, 0.05) is 48.4 Å². The van der Waals surface area contributed by atoms with E-state index in [0.29, 0.717) is 13.1 Å². The highest BCUT2D eigenvalue weighted by molar-refractivity contribution is 7.99. The van der Waals surface area contributed by atoms with Gasteiger partial charge >= 0.3 is 0 Å². The monoisotopic (exact) mass is 313 g/mol. The zero-order valence-corrected chi connectivity index (χ0v) is 13.0. The lowest BCUT2D eigenvalue weighted by Gasteiger charge is -2.26. The summed E-state index contributed by atoms with van der Waals surface area (Å²) >= 11 is 7.55. The fraction of sp³-hybridized carbons (Fsp3) is 0.500. The summed E-state index contributed by atoms with van der Waals surface area (Å²) in [5, 5.41) is 6.99. The van der Waals surface area contributed by atoms with E-state index in [2.05, 4.69) is 15.5 Å². The van der Waals surface area contributed by atoms with Crippen LogP contribution in [0.25, 0.3) is 0 Å². The summed E-state index contributed by atoms with van der Waals surface area (Å²) in [5.41, 5.74) is 0. The molecular weight excluding hydrogens is 294 g/mol. The van der Waals surface area contributed by atoms with Crippen LogP contribution < -0.4 is 10.6 Å². The Morgan fingerprint density at radius 2 is 2.00 bits per heavy atom. The highest BCUT2D eigenvalue weighted by atomic mass is 35.5. The molecule has 110 valence electrons. The van der Waals surface area contributed by atoms with Gasteiger partial charge in [-0.1, -0.05) is 11.6 Å². The summed E-state index contributed by atoms with van der Waals surface area (Å²) in [6.07, 6.45) is 0. The van der Waals surface area contributed by atoms with Crippen LogP contribution in [0.1, 0.15) is 0 Å². The molecule has 0 saturated carbocycles. The van der Waals surface area contributed by atoms with Crippen LogP contribution in [-0.4, -0.2) is 55.8 Å². The molecule has 1 aromatic carbocycles. The van der Waals surface area contributed by atoms with E-state index in [-0.39, 0.29) is 5.91 Å². The minimum atomic E-state index is 0.114. The first-order valence-corrected chi connectivity index (χ1v) is 8.18. The Balaban J connectivity index is 1.58. The van der Waals surface area contributed by atoms with Gasteiger partial charge in [0.1, 0.15) is 0 Å². The highest BCUT2D eigenvalue weighted by Gasteiger charge is 2.12. The fourth-order valence-corrected chi connectivity index (χ4v) is 2.91. The molecule has 1 aliphatic heterocycles. The van der Waals surface area contributed by atoms with Crippen molar-refractivity contribution in [2.24, 2.45) is 0 Å². The van der Waals surface area contributed by atoms with Crippen molar-refractivity contribution >= 4 is 29.3 Å². The number of rotatable bonds is 6. The fourth-order valence-electron chi connectivity index (χ4n) is 2.02. The maximum absolute atomic E-state index is 11.8. The van der Waals surface area contributed by atoms with Crippen LogP contribution in [0.2, 0.25) is 5.02 Å². The number of benzene rings is 1. The Hall–Kier alpha value is -0.750. The van der Waals surface area contributed by atoms with E-state index in [4.69, 9.17) is 11.6 Å². The van der Waals surface area contributed by atoms with Crippen molar-refractivity contribution in [3.05, 3.63) is 29.3 Å². The summed E-state index contributed by atoms with van der Waals surface area (Å²) in [4.78, 5) is 15.1. The zero-order chi connectivity index (χ0) is 14.2. The van der Waals surface area contributed by atoms with E-state index in [1.807, 2.05) is 24.3 Å². The van der Waals surface area contributed by atoms with Crippen LogP contribution in [-0.2, 0) is 4.79 Å². The second kappa shape index (κ2) is 8.52. The summed E-state index contributed by atoms with van der Waals surface area (Å²) in [6, 6.07) is 7.75. The second-order valence-corrected chi connectivity index (χ2v) is 6.28. The Morgan fingerprint density at radius 3 is 2.70 bits per heavy atom. The van der Waals surface area contributed by atoms with Gasteiger partial charge in [-0.3, -0.25) is 9.69 Å². The molecule has 1 heterocycles. The van der Waals surface area contributed by atoms with Gasteiger partial charge in [-0.15, -0.1) is 11.8 Å². The van der Waals surface area contributed by atoms with Crippen molar-refractivity contribution in [3.8, 4) is 0 Å². The number of amides is 1. The maximum atomic E-state index is 11.8. The lowest BCUT2D eigenvalue weighted by molar-refractivity contribution is -0.122. The van der Waals surface area contributed by atoms with E-state index < -0.39 is 0 Å². The summed E-state index contributed by atoms with van der Waals surface area (Å²) in [5.74, 6) is 0.984. The number of halogens is 1. The lowest BCUT2D eigenvalue weighted by Crippen LogP contribution is -2.47. The second-order valence-electron chi connectivity index (χ2n) is 4.68. The first kappa shape index (κ1) is 15.6. The number of nitrogens with one attached hydrogen (secondary N) is 2. The van der Waals surface area contributed by atoms with E-state index in [1.54, 1.807) is 11.8 Å². The first-order chi connectivity index (χ1) is 9.74. The molecule has 1 fully saturated rings. The quantitative estimate of drug-likeness (QED) is 0.616. The van der Waals surface area contributed by atoms with E-state index >= 15 is 0 Å². The average molecular weight is 314 g/mol. The molecule has 0 bridgehead atoms. The van der Waals surface area contributed by atoms with Gasteiger partial charge in [-0.2, -0.15) is 0 Å². The predicted molar refractivity (Wildman–Crippen MR) is 84.5 cm³/mol. The van der Waals surface area contributed by atoms with Crippen LogP contribution in [0.15, 0.2) is 29.2 Å². The molecule has 2 N–H and O–H groups in total. The standard InChI is InChI=1S/C14H20ClN3OS/c15-12-1-3-13(4-2-12)20-10-7-17-14(19)11-18-8-5-16-6-9-18/h1-4,16H,5-11H2,(H,17,19). The SMILES string of the molecule is O=C(CN1CCNCC1)NCCSc1ccc(Cl)cc1. The maximum Gasteiger partial charge on any atom is 0.234 e. The molecule has 1 aromatic rings. The molecule has 0 aromatic heterocycles. The number of hydrogen-bond acceptors (Lipinski definition) is 4. The molecule has 4 nitrogen and oxygen atoms in total. The van der Waals surface area contributed by atoms with Crippen LogP contribution in [0.3, 0.4) is 0 Å². The largest absolute Gasteiger partial charge is 0.354 e. The summed E-state index contributed by atoms with van der Waals surface area (Å²) in [7, 11) is 0. The van der Waals surface area contributed by atoms with Gasteiger partial charge < -0.3 is 10.6 Å². The van der Waals surface area contributed by atoms with Crippen molar-refractivity contribution in [2.75, 3.05) is 45.0 Å². The molecule has 6 heteroatoms. The molecule has 0 atom stereocenters. The molecular formula is C14H20ClN3OS. The van der Waals surface area contributed by atoms with Crippen molar-refractivity contribution in [1.29, 1.82) is 0 Å². The van der Waals surface area contributed by atoms with Crippen LogP contribution in [0.5, 0.6) is 0 Å². The molecule has 0 spiro atoms. The molecule has 1 amide bonds. The van der Waals surface area contributed by atoms with Crippen molar-refractivity contribution in [3.63, 3.8) is 0 Å². The van der Waals surface area contributed by atoms with Crippen LogP contribution in [0, 0.1) is 0 Å². The topological polar surface area (TPSA) is 44.4 Å². The third-order valence-electron chi connectivity index (χ3n) is 3.08. The summed E-state index contributed by atoms with van der Waals surface area (Å²) < 4.78 is 0. The average Bonchev–Trinajstić information content (AvgIpc) is 2.46. The van der Waals surface area contributed by atoms with Gasteiger partial charge in [-0.05, 0) is 24.3 Å². The summed E-state index contributed by atoms with van der Waals surface area (Å²) in [6.45, 7) is 5.05. The van der Waals surface area contributed by atoms with Gasteiger partial charge in [0.05, 0.1) is 6.54 Å². The molecule has 0 radical (unpaired) electrons. The number of carbonyl (C=O) groups excluding carboxylic acids is 1. The van der Waals surface area contributed by atoms with Gasteiger partial charge in [-0.25, -0.2) is 0 Å². The Morgan fingerprint density at radius 1 is 1.30 bits per heavy atom. The number of hydrogen-bond donors (Lipinski definition) is 2. The van der Waals surface area contributed by atoms with Crippen LogP contribution in [0.4, 0.5) is 0 Å². The Labute approximate surface area is 129 Å². The number of thioether (sulfide) groups is 1. The van der Waals surface area contributed by atoms with Gasteiger partial charge in [0.2, 0.25) is 5.91 Å². The third-order valence-corrected chi connectivity index (χ3v) is 4.35. The number of carbonyl (C=O) groups is 1. The van der Waals surface area contributed by atoms with E-state index in [9.17, 15) is 4.79 Å². The lowest BCUT2D eigenvalue weighted by atomic mass is 10.3. The Kier molecular flexibility index (Phi) is 6.66. The minimum Gasteiger partial charge on any atom is -0.354 e. The molecule has 2 rings (SSSR count). The molecule has 1 saturated heterocycles. The highest BCUT2D eigenvalue weighted by Crippen LogP contribution is 2.19. The van der Waals surface area contributed by atoms with E-state index in [1.165, 1.54) is 4.90 Å². The van der Waals surface area contributed by atoms with Crippen molar-refractivity contribution in [2.45, 2.75) is 4.90 Å². The zero-order valence-electron chi connectivity index (χ0n) is 11.4. The normalized spacial score (nSPS) is 16.1. The Bertz CT molecular complexity index is 421. The molecule has 0 aliphatic carbocycles. The van der Waals surface area contributed by atoms with Gasteiger partial charge in [0.25, 0.3) is 0 Å². The van der Waals surface area contributed by atoms with Crippen molar-refractivity contribution < 1.29 is 4.79 Å². The molecule has 1 aliphatic rings. The predicted octanol–water partition coefficient (Wildman–Crippen LogP) is 1.45. The van der Waals surface area contributed by atoms with Crippen molar-refractivity contribution in [1.82, 2.24) is 15.5 Å². The van der Waals surface area contributed by atoms with E-state index in [0.717, 1.165) is 37.0 Å².